The summed E-state index contributed by atoms with van der Waals surface area (Å²) in [6.07, 6.45) is -0.343. The molecule has 1 aliphatic rings. The van der Waals surface area contributed by atoms with E-state index in [0.717, 1.165) is 23.0 Å². The predicted molar refractivity (Wildman–Crippen MR) is 105 cm³/mol. The smallest absolute Gasteiger partial charge is 0.371 e. The van der Waals surface area contributed by atoms with Gasteiger partial charge in [-0.05, 0) is 11.6 Å². The van der Waals surface area contributed by atoms with Crippen LogP contribution >= 0.6 is 11.6 Å². The van der Waals surface area contributed by atoms with E-state index in [1.165, 1.54) is 12.4 Å². The van der Waals surface area contributed by atoms with Crippen molar-refractivity contribution in [3.63, 3.8) is 0 Å². The Kier molecular flexibility index (Phi) is 6.03. The number of nitrogens with one attached hydrogen (secondary N) is 1. The second kappa shape index (κ2) is 8.74. The monoisotopic (exact) mass is 451 g/mol. The van der Waals surface area contributed by atoms with Gasteiger partial charge in [0.2, 0.25) is 0 Å². The summed E-state index contributed by atoms with van der Waals surface area (Å²) >= 11 is 6.39. The summed E-state index contributed by atoms with van der Waals surface area (Å²) < 4.78 is 45.3. The van der Waals surface area contributed by atoms with Gasteiger partial charge in [-0.3, -0.25) is 9.78 Å². The van der Waals surface area contributed by atoms with E-state index in [4.69, 9.17) is 16.3 Å². The maximum Gasteiger partial charge on any atom is 0.434 e. The van der Waals surface area contributed by atoms with Gasteiger partial charge in [0.25, 0.3) is 0 Å². The molecule has 0 aliphatic carbocycles. The number of rotatable bonds is 5. The minimum absolute atomic E-state index is 0.0593. The van der Waals surface area contributed by atoms with Gasteiger partial charge in [-0.15, -0.1) is 0 Å². The lowest BCUT2D eigenvalue weighted by atomic mass is 10.0. The molecule has 0 radical (unpaired) electrons. The van der Waals surface area contributed by atoms with Crippen molar-refractivity contribution in [1.29, 1.82) is 0 Å². The van der Waals surface area contributed by atoms with Gasteiger partial charge in [-0.2, -0.15) is 18.3 Å². The van der Waals surface area contributed by atoms with Crippen LogP contribution in [-0.2, 0) is 17.3 Å². The number of morpholine rings is 1. The fraction of sp³-hybridized carbons (Fsp3) is 0.300. The van der Waals surface area contributed by atoms with Gasteiger partial charge in [-0.25, -0.2) is 9.67 Å². The van der Waals surface area contributed by atoms with Crippen LogP contribution in [0.2, 0.25) is 5.02 Å². The van der Waals surface area contributed by atoms with E-state index in [-0.39, 0.29) is 29.7 Å². The van der Waals surface area contributed by atoms with Crippen molar-refractivity contribution in [2.45, 2.75) is 18.7 Å². The highest BCUT2D eigenvalue weighted by Gasteiger charge is 2.33. The van der Waals surface area contributed by atoms with Gasteiger partial charge in [-0.1, -0.05) is 23.7 Å². The van der Waals surface area contributed by atoms with Crippen LogP contribution in [-0.4, -0.2) is 45.2 Å². The third kappa shape index (κ3) is 4.92. The van der Waals surface area contributed by atoms with Crippen molar-refractivity contribution >= 4 is 17.4 Å². The fourth-order valence-corrected chi connectivity index (χ4v) is 3.51. The quantitative estimate of drug-likeness (QED) is 0.599. The van der Waals surface area contributed by atoms with Gasteiger partial charge >= 0.3 is 6.18 Å². The molecule has 0 amide bonds. The minimum Gasteiger partial charge on any atom is -0.371 e. The van der Waals surface area contributed by atoms with Crippen molar-refractivity contribution in [3.8, 4) is 5.82 Å². The van der Waals surface area contributed by atoms with Crippen LogP contribution in [0.3, 0.4) is 0 Å². The lowest BCUT2D eigenvalue weighted by molar-refractivity contribution is -0.141. The molecule has 162 valence electrons. The third-order valence-corrected chi connectivity index (χ3v) is 5.08. The standard InChI is InChI=1S/C20H17ClF3N5O2/c21-15-5-12(1-2-14(15)17-8-25-3-4-31-17)6-16(30)13-7-27-29(11-13)19-10-26-9-18(28-19)20(22,23)24/h1-2,5,7,9-11,17,25H,3-4,6,8H2/t17-/m1/s1. The van der Waals surface area contributed by atoms with Crippen LogP contribution in [0, 0.1) is 0 Å². The molecule has 7 nitrogen and oxygen atoms in total. The molecule has 1 fully saturated rings. The topological polar surface area (TPSA) is 81.9 Å². The average molecular weight is 452 g/mol. The summed E-state index contributed by atoms with van der Waals surface area (Å²) in [4.78, 5) is 19.7. The van der Waals surface area contributed by atoms with Gasteiger partial charge in [0.15, 0.2) is 17.3 Å². The van der Waals surface area contributed by atoms with Crippen LogP contribution in [0.1, 0.15) is 33.3 Å². The second-order valence-corrected chi connectivity index (χ2v) is 7.36. The Morgan fingerprint density at radius 2 is 2.13 bits per heavy atom. The van der Waals surface area contributed by atoms with Crippen molar-refractivity contribution in [2.75, 3.05) is 19.7 Å². The molecule has 1 aliphatic heterocycles. The Labute approximate surface area is 180 Å². The van der Waals surface area contributed by atoms with E-state index in [0.29, 0.717) is 29.9 Å². The molecule has 1 N–H and O–H groups in total. The van der Waals surface area contributed by atoms with Gasteiger partial charge in [0.1, 0.15) is 0 Å². The Bertz CT molecular complexity index is 1100. The van der Waals surface area contributed by atoms with Crippen LogP contribution in [0.15, 0.2) is 43.0 Å². The van der Waals surface area contributed by atoms with E-state index >= 15 is 0 Å². The molecule has 2 aromatic heterocycles. The van der Waals surface area contributed by atoms with E-state index in [1.54, 1.807) is 12.1 Å². The summed E-state index contributed by atoms with van der Waals surface area (Å²) in [6, 6.07) is 5.36. The zero-order valence-electron chi connectivity index (χ0n) is 16.1. The number of ether oxygens (including phenoxy) is 1. The zero-order chi connectivity index (χ0) is 22.0. The summed E-state index contributed by atoms with van der Waals surface area (Å²) in [5.41, 5.74) is 0.648. The first kappa shape index (κ1) is 21.4. The molecule has 1 atom stereocenters. The molecule has 31 heavy (non-hydrogen) atoms. The van der Waals surface area contributed by atoms with Crippen molar-refractivity contribution in [2.24, 2.45) is 0 Å². The number of Topliss-reactive ketones (excluding diaryl/α,β-unsaturated/α-hetero) is 1. The number of nitrogens with zero attached hydrogens (tertiary/aromatic N) is 4. The van der Waals surface area contributed by atoms with Gasteiger partial charge in [0, 0.05) is 36.3 Å². The molecule has 0 saturated carbocycles. The molecule has 0 unspecified atom stereocenters. The highest BCUT2D eigenvalue weighted by atomic mass is 35.5. The van der Waals surface area contributed by atoms with E-state index in [2.05, 4.69) is 20.4 Å². The van der Waals surface area contributed by atoms with Gasteiger partial charge < -0.3 is 10.1 Å². The number of alkyl halides is 3. The molecule has 4 rings (SSSR count). The Morgan fingerprint density at radius 3 is 2.84 bits per heavy atom. The van der Waals surface area contributed by atoms with Crippen LogP contribution in [0.4, 0.5) is 13.2 Å². The molecule has 1 saturated heterocycles. The SMILES string of the molecule is O=C(Cc1ccc([C@H]2CNCCO2)c(Cl)c1)c1cnn(-c2cncc(C(F)(F)F)n2)c1. The molecule has 3 heterocycles. The summed E-state index contributed by atoms with van der Waals surface area (Å²) in [7, 11) is 0. The van der Waals surface area contributed by atoms with Crippen molar-refractivity contribution < 1.29 is 22.7 Å². The Morgan fingerprint density at radius 1 is 1.29 bits per heavy atom. The van der Waals surface area contributed by atoms with Crippen molar-refractivity contribution in [3.05, 3.63) is 70.4 Å². The first-order valence-corrected chi connectivity index (χ1v) is 9.77. The molecular weight excluding hydrogens is 435 g/mol. The Balaban J connectivity index is 1.48. The Hall–Kier alpha value is -2.82. The largest absolute Gasteiger partial charge is 0.434 e. The lowest BCUT2D eigenvalue weighted by Crippen LogP contribution is -2.33. The van der Waals surface area contributed by atoms with Crippen LogP contribution < -0.4 is 5.32 Å². The predicted octanol–water partition coefficient (Wildman–Crippen LogP) is 3.42. The number of hydrogen-bond donors (Lipinski definition) is 1. The molecular formula is C20H17ClF3N5O2. The number of aromatic nitrogens is 4. The third-order valence-electron chi connectivity index (χ3n) is 4.76. The number of carbonyl (C=O) groups is 1. The van der Waals surface area contributed by atoms with Crippen LogP contribution in [0.25, 0.3) is 5.82 Å². The molecule has 3 aromatic rings. The fourth-order valence-electron chi connectivity index (χ4n) is 3.19. The molecule has 11 heteroatoms. The normalized spacial score (nSPS) is 17.0. The first-order valence-electron chi connectivity index (χ1n) is 9.39. The summed E-state index contributed by atoms with van der Waals surface area (Å²) in [5.74, 6) is -0.395. The molecule has 0 spiro atoms. The summed E-state index contributed by atoms with van der Waals surface area (Å²) in [5, 5.41) is 7.69. The first-order chi connectivity index (χ1) is 14.8. The second-order valence-electron chi connectivity index (χ2n) is 6.95. The maximum absolute atomic E-state index is 12.8. The van der Waals surface area contributed by atoms with E-state index < -0.39 is 11.9 Å². The number of hydrogen-bond acceptors (Lipinski definition) is 6. The summed E-state index contributed by atoms with van der Waals surface area (Å²) in [6.45, 7) is 2.05. The molecule has 0 bridgehead atoms. The minimum atomic E-state index is -4.63. The highest BCUT2D eigenvalue weighted by Crippen LogP contribution is 2.29. The number of ketones is 1. The number of halogens is 4. The highest BCUT2D eigenvalue weighted by molar-refractivity contribution is 6.31. The number of benzene rings is 1. The van der Waals surface area contributed by atoms with Crippen LogP contribution in [0.5, 0.6) is 0 Å². The zero-order valence-corrected chi connectivity index (χ0v) is 16.8. The number of carbonyl (C=O) groups excluding carboxylic acids is 1. The molecule has 1 aromatic carbocycles. The van der Waals surface area contributed by atoms with Gasteiger partial charge in [0.05, 0.1) is 36.9 Å². The van der Waals surface area contributed by atoms with E-state index in [1.807, 2.05) is 6.07 Å². The average Bonchev–Trinajstić information content (AvgIpc) is 3.25. The maximum atomic E-state index is 12.8. The lowest BCUT2D eigenvalue weighted by Gasteiger charge is -2.24. The van der Waals surface area contributed by atoms with E-state index in [9.17, 15) is 18.0 Å². The van der Waals surface area contributed by atoms with Crippen molar-refractivity contribution in [1.82, 2.24) is 25.1 Å².